The molecule has 5 rings (SSSR count). The maximum Gasteiger partial charge on any atom is 0.335 e. The largest absolute Gasteiger partial charge is 0.478 e. The quantitative estimate of drug-likeness (QED) is 0.772. The molecule has 0 aromatic heterocycles. The minimum Gasteiger partial charge on any atom is -0.478 e. The molecule has 4 fully saturated rings. The number of carbonyl (C=O) groups is 2. The summed E-state index contributed by atoms with van der Waals surface area (Å²) in [6.45, 7) is 4.78. The highest BCUT2D eigenvalue weighted by molar-refractivity contribution is 5.94. The number of hydrogen-bond acceptors (Lipinski definition) is 2. The van der Waals surface area contributed by atoms with E-state index >= 15 is 0 Å². The van der Waals surface area contributed by atoms with Gasteiger partial charge in [0.05, 0.1) is 11.1 Å². The van der Waals surface area contributed by atoms with Gasteiger partial charge < -0.3 is 10.2 Å². The van der Waals surface area contributed by atoms with Gasteiger partial charge in [0, 0.05) is 11.0 Å². The van der Waals surface area contributed by atoms with Crippen molar-refractivity contribution in [1.29, 1.82) is 0 Å². The zero-order chi connectivity index (χ0) is 18.7. The van der Waals surface area contributed by atoms with Gasteiger partial charge in [-0.3, -0.25) is 0 Å². The normalized spacial score (nSPS) is 37.1. The van der Waals surface area contributed by atoms with E-state index in [4.69, 9.17) is 0 Å². The van der Waals surface area contributed by atoms with Crippen LogP contribution in [0.4, 0.5) is 0 Å². The fourth-order valence-electron chi connectivity index (χ4n) is 6.74. The van der Waals surface area contributed by atoms with Crippen molar-refractivity contribution in [3.63, 3.8) is 0 Å². The van der Waals surface area contributed by atoms with E-state index in [2.05, 4.69) is 25.7 Å². The molecule has 4 bridgehead atoms. The summed E-state index contributed by atoms with van der Waals surface area (Å²) in [4.78, 5) is 22.6. The van der Waals surface area contributed by atoms with Gasteiger partial charge in [-0.1, -0.05) is 25.7 Å². The standard InChI is InChI=1S/C22H24O4/c1-20-8-15-9-21(2,11-20)13-22(10-15,12-20)4-3-14-5-16(18(23)24)7-17(6-14)19(25)26/h5-7,15H,8-13H2,1-2H3,(H,23,24)(H,25,26). The summed E-state index contributed by atoms with van der Waals surface area (Å²) in [7, 11) is 0. The molecule has 0 radical (unpaired) electrons. The number of hydrogen-bond donors (Lipinski definition) is 2. The third kappa shape index (κ3) is 2.90. The lowest BCUT2D eigenvalue weighted by Crippen LogP contribution is -2.54. The van der Waals surface area contributed by atoms with Crippen molar-refractivity contribution in [2.75, 3.05) is 0 Å². The van der Waals surface area contributed by atoms with Gasteiger partial charge >= 0.3 is 11.9 Å². The molecule has 0 heterocycles. The maximum atomic E-state index is 11.3. The van der Waals surface area contributed by atoms with Crippen LogP contribution in [0, 0.1) is 34.0 Å². The molecule has 1 aromatic carbocycles. The molecule has 1 aromatic rings. The molecule has 0 amide bonds. The molecule has 0 saturated heterocycles. The van der Waals surface area contributed by atoms with Crippen LogP contribution in [0.15, 0.2) is 18.2 Å². The molecule has 26 heavy (non-hydrogen) atoms. The molecule has 2 unspecified atom stereocenters. The van der Waals surface area contributed by atoms with Gasteiger partial charge in [0.2, 0.25) is 0 Å². The van der Waals surface area contributed by atoms with Crippen LogP contribution in [-0.2, 0) is 0 Å². The number of carboxylic acid groups (broad SMARTS) is 2. The molecular weight excluding hydrogens is 328 g/mol. The Kier molecular flexibility index (Phi) is 3.54. The number of aromatic carboxylic acids is 2. The molecule has 4 saturated carbocycles. The first-order chi connectivity index (χ1) is 12.1. The SMILES string of the molecule is CC12CC3CC(C)(C1)CC(C#Cc1cc(C(=O)O)cc(C(=O)O)c1)(C3)C2. The van der Waals surface area contributed by atoms with Crippen molar-refractivity contribution in [1.82, 2.24) is 0 Å². The van der Waals surface area contributed by atoms with Crippen LogP contribution in [-0.4, -0.2) is 22.2 Å². The summed E-state index contributed by atoms with van der Waals surface area (Å²) in [6.07, 6.45) is 7.19. The molecule has 0 spiro atoms. The molecule has 4 nitrogen and oxygen atoms in total. The molecule has 4 aliphatic carbocycles. The van der Waals surface area contributed by atoms with Gasteiger partial charge in [-0.25, -0.2) is 9.59 Å². The summed E-state index contributed by atoms with van der Waals surface area (Å²) >= 11 is 0. The van der Waals surface area contributed by atoms with Crippen molar-refractivity contribution in [2.45, 2.75) is 52.4 Å². The smallest absolute Gasteiger partial charge is 0.335 e. The van der Waals surface area contributed by atoms with E-state index in [9.17, 15) is 19.8 Å². The topological polar surface area (TPSA) is 74.6 Å². The van der Waals surface area contributed by atoms with Gasteiger partial charge in [-0.15, -0.1) is 0 Å². The van der Waals surface area contributed by atoms with Crippen LogP contribution in [0.25, 0.3) is 0 Å². The lowest BCUT2D eigenvalue weighted by atomic mass is 9.40. The van der Waals surface area contributed by atoms with Crippen molar-refractivity contribution in [3.8, 4) is 11.8 Å². The molecule has 2 atom stereocenters. The monoisotopic (exact) mass is 352 g/mol. The highest BCUT2D eigenvalue weighted by Gasteiger charge is 2.59. The lowest BCUT2D eigenvalue weighted by Gasteiger charge is -2.64. The van der Waals surface area contributed by atoms with Crippen molar-refractivity contribution < 1.29 is 19.8 Å². The average molecular weight is 352 g/mol. The van der Waals surface area contributed by atoms with E-state index in [0.717, 1.165) is 25.2 Å². The Morgan fingerprint density at radius 2 is 1.46 bits per heavy atom. The predicted molar refractivity (Wildman–Crippen MR) is 97.1 cm³/mol. The van der Waals surface area contributed by atoms with Gasteiger partial charge in [-0.05, 0) is 73.5 Å². The predicted octanol–water partition coefficient (Wildman–Crippen LogP) is 4.43. The van der Waals surface area contributed by atoms with Crippen LogP contribution in [0.2, 0.25) is 0 Å². The first kappa shape index (κ1) is 17.1. The summed E-state index contributed by atoms with van der Waals surface area (Å²) in [5.41, 5.74) is 1.13. The van der Waals surface area contributed by atoms with Gasteiger partial charge in [0.25, 0.3) is 0 Å². The van der Waals surface area contributed by atoms with Gasteiger partial charge in [-0.2, -0.15) is 0 Å². The fraction of sp³-hybridized carbons (Fsp3) is 0.545. The molecule has 4 heteroatoms. The van der Waals surface area contributed by atoms with Gasteiger partial charge in [0.1, 0.15) is 0 Å². The second-order valence-corrected chi connectivity index (χ2v) is 9.57. The summed E-state index contributed by atoms with van der Waals surface area (Å²) < 4.78 is 0. The minimum atomic E-state index is -1.13. The Morgan fingerprint density at radius 3 is 1.92 bits per heavy atom. The average Bonchev–Trinajstić information content (AvgIpc) is 2.49. The molecule has 4 aliphatic rings. The molecule has 0 aliphatic heterocycles. The fourth-order valence-corrected chi connectivity index (χ4v) is 6.74. The van der Waals surface area contributed by atoms with E-state index in [-0.39, 0.29) is 16.5 Å². The van der Waals surface area contributed by atoms with Crippen LogP contribution in [0.5, 0.6) is 0 Å². The van der Waals surface area contributed by atoms with Crippen LogP contribution >= 0.6 is 0 Å². The van der Waals surface area contributed by atoms with E-state index in [0.29, 0.717) is 16.4 Å². The number of benzene rings is 1. The van der Waals surface area contributed by atoms with Crippen molar-refractivity contribution in [2.24, 2.45) is 22.2 Å². The van der Waals surface area contributed by atoms with Crippen LogP contribution in [0.3, 0.4) is 0 Å². The van der Waals surface area contributed by atoms with Gasteiger partial charge in [0.15, 0.2) is 0 Å². The Hall–Kier alpha value is -2.28. The Morgan fingerprint density at radius 1 is 0.923 bits per heavy atom. The second kappa shape index (κ2) is 5.36. The molecule has 136 valence electrons. The summed E-state index contributed by atoms with van der Waals surface area (Å²) in [5.74, 6) is 5.11. The zero-order valence-electron chi connectivity index (χ0n) is 15.3. The molecular formula is C22H24O4. The van der Waals surface area contributed by atoms with Crippen LogP contribution < -0.4 is 0 Å². The Balaban J connectivity index is 1.72. The maximum absolute atomic E-state index is 11.3. The van der Waals surface area contributed by atoms with E-state index in [1.807, 2.05) is 0 Å². The zero-order valence-corrected chi connectivity index (χ0v) is 15.3. The van der Waals surface area contributed by atoms with Crippen molar-refractivity contribution >= 4 is 11.9 Å². The number of rotatable bonds is 2. The first-order valence-electron chi connectivity index (χ1n) is 9.24. The minimum absolute atomic E-state index is 0.00840. The summed E-state index contributed by atoms with van der Waals surface area (Å²) in [6, 6.07) is 4.14. The third-order valence-corrected chi connectivity index (χ3v) is 6.53. The van der Waals surface area contributed by atoms with E-state index in [1.165, 1.54) is 37.5 Å². The Labute approximate surface area is 153 Å². The van der Waals surface area contributed by atoms with E-state index < -0.39 is 11.9 Å². The first-order valence-corrected chi connectivity index (χ1v) is 9.24. The third-order valence-electron chi connectivity index (χ3n) is 6.53. The summed E-state index contributed by atoms with van der Waals surface area (Å²) in [5, 5.41) is 18.5. The second-order valence-electron chi connectivity index (χ2n) is 9.57. The lowest BCUT2D eigenvalue weighted by molar-refractivity contribution is -0.120. The van der Waals surface area contributed by atoms with Crippen molar-refractivity contribution in [3.05, 3.63) is 34.9 Å². The Bertz CT molecular complexity index is 822. The van der Waals surface area contributed by atoms with E-state index in [1.54, 1.807) is 0 Å². The highest BCUT2D eigenvalue weighted by Crippen LogP contribution is 2.69. The number of carboxylic acids is 2. The highest BCUT2D eigenvalue weighted by atomic mass is 16.4. The molecule has 2 N–H and O–H groups in total. The van der Waals surface area contributed by atoms with Crippen LogP contribution in [0.1, 0.15) is 78.7 Å².